The summed E-state index contributed by atoms with van der Waals surface area (Å²) in [5, 5.41) is 3.86. The molecule has 320 valence electrons. The molecule has 9 nitrogen and oxygen atoms in total. The highest BCUT2D eigenvalue weighted by molar-refractivity contribution is 5.17. The van der Waals surface area contributed by atoms with Gasteiger partial charge in [0.25, 0.3) is 0 Å². The molecular formula is C46H70F3N9. The highest BCUT2D eigenvalue weighted by Gasteiger charge is 2.29. The van der Waals surface area contributed by atoms with E-state index in [1.54, 1.807) is 6.07 Å². The molecule has 5 aromatic rings. The van der Waals surface area contributed by atoms with E-state index in [0.29, 0.717) is 5.69 Å². The summed E-state index contributed by atoms with van der Waals surface area (Å²) in [6.07, 6.45) is 2.57. The Bertz CT molecular complexity index is 1740. The predicted octanol–water partition coefficient (Wildman–Crippen LogP) is 11.7. The van der Waals surface area contributed by atoms with Crippen molar-refractivity contribution in [1.82, 2.24) is 44.7 Å². The van der Waals surface area contributed by atoms with E-state index in [1.165, 1.54) is 6.20 Å². The van der Waals surface area contributed by atoms with Crippen LogP contribution >= 0.6 is 0 Å². The van der Waals surface area contributed by atoms with Gasteiger partial charge in [0.2, 0.25) is 0 Å². The first-order valence-corrected chi connectivity index (χ1v) is 19.6. The van der Waals surface area contributed by atoms with Gasteiger partial charge in [-0.1, -0.05) is 110 Å². The molecule has 58 heavy (non-hydrogen) atoms. The lowest BCUT2D eigenvalue weighted by molar-refractivity contribution is -0.142. The smallest absolute Gasteiger partial charge is 0.263 e. The number of aromatic nitrogens is 9. The number of aryl methyl sites for hydroxylation is 4. The minimum absolute atomic E-state index is 0.0615. The molecule has 12 heteroatoms. The molecule has 0 radical (unpaired) electrons. The quantitative estimate of drug-likeness (QED) is 0.165. The molecule has 0 bridgehead atoms. The zero-order valence-electron chi connectivity index (χ0n) is 38.7. The normalized spacial score (nSPS) is 12.0. The molecule has 0 aliphatic carbocycles. The summed E-state index contributed by atoms with van der Waals surface area (Å²) in [7, 11) is 0. The Morgan fingerprint density at radius 1 is 0.448 bits per heavy atom. The third kappa shape index (κ3) is 20.7. The minimum atomic E-state index is -4.21. The average Bonchev–Trinajstić information content (AvgIpc) is 3.53. The lowest BCUT2D eigenvalue weighted by Gasteiger charge is -2.17. The number of pyridine rings is 1. The molecule has 0 atom stereocenters. The number of hydrogen-bond acceptors (Lipinski definition) is 8. The van der Waals surface area contributed by atoms with Crippen LogP contribution in [0.25, 0.3) is 0 Å². The second-order valence-electron chi connectivity index (χ2n) is 19.5. The molecule has 0 saturated carbocycles. The SMILES string of the molecule is CC(C)(C)c1ccn(CC(F)(F)F)n1.Cc1cccc(C(C)(C)C)n1.Cc1ccnc(C(C)(C)C)n1.Cc1ccnc(C(C)(C)C)n1.Cc1nccc(C(C)(C)C)n1. The summed E-state index contributed by atoms with van der Waals surface area (Å²) < 4.78 is 36.9. The fourth-order valence-corrected chi connectivity index (χ4v) is 4.49. The Balaban J connectivity index is 0.000000364. The maximum atomic E-state index is 12.0. The van der Waals surface area contributed by atoms with Crippen molar-refractivity contribution in [3.63, 3.8) is 0 Å². The molecule has 5 rings (SSSR count). The van der Waals surface area contributed by atoms with E-state index in [-0.39, 0.29) is 27.1 Å². The van der Waals surface area contributed by atoms with E-state index in [2.05, 4.69) is 135 Å². The molecule has 0 fully saturated rings. The van der Waals surface area contributed by atoms with Gasteiger partial charge in [-0.2, -0.15) is 18.3 Å². The molecule has 0 aliphatic heterocycles. The van der Waals surface area contributed by atoms with Crippen LogP contribution < -0.4 is 0 Å². The number of rotatable bonds is 1. The van der Waals surface area contributed by atoms with E-state index in [9.17, 15) is 13.2 Å². The van der Waals surface area contributed by atoms with Gasteiger partial charge < -0.3 is 0 Å². The fraction of sp³-hybridized carbons (Fsp3) is 0.565. The third-order valence-corrected chi connectivity index (χ3v) is 7.88. The molecule has 0 aromatic carbocycles. The van der Waals surface area contributed by atoms with Gasteiger partial charge in [-0.3, -0.25) is 9.67 Å². The third-order valence-electron chi connectivity index (χ3n) is 7.88. The van der Waals surface area contributed by atoms with Crippen LogP contribution in [-0.4, -0.2) is 50.8 Å². The monoisotopic (exact) mass is 806 g/mol. The van der Waals surface area contributed by atoms with Crippen molar-refractivity contribution >= 4 is 0 Å². The van der Waals surface area contributed by atoms with Crippen molar-refractivity contribution in [1.29, 1.82) is 0 Å². The van der Waals surface area contributed by atoms with Crippen molar-refractivity contribution in [2.45, 2.75) is 171 Å². The largest absolute Gasteiger partial charge is 0.408 e. The standard InChI is InChI=1S/C10H15N.C9H13F3N2.3C9H14N2/c1-8-6-5-7-9(11-8)10(2,3)4;1-8(2,3)7-4-5-14(13-7)6-9(10,11)12;1-7-10-6-5-8(11-7)9(2,3)4;2*1-7-5-6-10-8(11-7)9(2,3)4/h5-7H,1-4H3;4-5H,6H2,1-3H3;3*5-6H,1-4H3. The predicted molar refractivity (Wildman–Crippen MR) is 231 cm³/mol. The van der Waals surface area contributed by atoms with Gasteiger partial charge in [-0.05, 0) is 64.1 Å². The second kappa shape index (κ2) is 20.9. The summed E-state index contributed by atoms with van der Waals surface area (Å²) in [6.45, 7) is 38.3. The topological polar surface area (TPSA) is 108 Å². The molecule has 0 spiro atoms. The van der Waals surface area contributed by atoms with Gasteiger partial charge in [-0.15, -0.1) is 0 Å². The van der Waals surface area contributed by atoms with Crippen LogP contribution in [0.5, 0.6) is 0 Å². The Labute approximate surface area is 347 Å². The van der Waals surface area contributed by atoms with Crippen LogP contribution in [0.2, 0.25) is 0 Å². The maximum absolute atomic E-state index is 12.0. The van der Waals surface area contributed by atoms with Crippen molar-refractivity contribution in [2.75, 3.05) is 0 Å². The van der Waals surface area contributed by atoms with Gasteiger partial charge in [0, 0.05) is 80.3 Å². The lowest BCUT2D eigenvalue weighted by Crippen LogP contribution is -2.19. The van der Waals surface area contributed by atoms with Crippen LogP contribution in [0.15, 0.2) is 67.3 Å². The van der Waals surface area contributed by atoms with E-state index in [0.717, 1.165) is 50.6 Å². The second-order valence-corrected chi connectivity index (χ2v) is 19.5. The van der Waals surface area contributed by atoms with Gasteiger partial charge in [-0.25, -0.2) is 29.9 Å². The molecule has 0 amide bonds. The summed E-state index contributed by atoms with van der Waals surface area (Å²) in [5.41, 5.74) is 6.31. The van der Waals surface area contributed by atoms with Crippen LogP contribution in [0.1, 0.15) is 155 Å². The van der Waals surface area contributed by atoms with Crippen molar-refractivity contribution in [3.05, 3.63) is 119 Å². The van der Waals surface area contributed by atoms with Crippen molar-refractivity contribution in [3.8, 4) is 0 Å². The highest BCUT2D eigenvalue weighted by Crippen LogP contribution is 2.23. The average molecular weight is 806 g/mol. The number of nitrogens with zero attached hydrogens (tertiary/aromatic N) is 9. The van der Waals surface area contributed by atoms with Crippen LogP contribution in [0, 0.1) is 27.7 Å². The van der Waals surface area contributed by atoms with Crippen molar-refractivity contribution in [2.24, 2.45) is 0 Å². The fourth-order valence-electron chi connectivity index (χ4n) is 4.49. The summed E-state index contributed by atoms with van der Waals surface area (Å²) in [4.78, 5) is 29.9. The zero-order valence-corrected chi connectivity index (χ0v) is 38.7. The molecule has 5 heterocycles. The first kappa shape index (κ1) is 51.4. The van der Waals surface area contributed by atoms with Gasteiger partial charge in [0.05, 0.1) is 5.69 Å². The van der Waals surface area contributed by atoms with Crippen LogP contribution in [0.4, 0.5) is 13.2 Å². The molecule has 5 aromatic heterocycles. The van der Waals surface area contributed by atoms with Crippen LogP contribution in [-0.2, 0) is 33.6 Å². The maximum Gasteiger partial charge on any atom is 0.408 e. The molecular weight excluding hydrogens is 736 g/mol. The van der Waals surface area contributed by atoms with E-state index >= 15 is 0 Å². The van der Waals surface area contributed by atoms with Gasteiger partial charge in [0.15, 0.2) is 0 Å². The number of alkyl halides is 3. The van der Waals surface area contributed by atoms with E-state index < -0.39 is 12.7 Å². The zero-order chi connectivity index (χ0) is 44.9. The summed E-state index contributed by atoms with van der Waals surface area (Å²) in [5.74, 6) is 2.67. The molecule has 0 saturated heterocycles. The summed E-state index contributed by atoms with van der Waals surface area (Å²) >= 11 is 0. The Morgan fingerprint density at radius 2 is 0.862 bits per heavy atom. The first-order chi connectivity index (χ1) is 26.2. The van der Waals surface area contributed by atoms with E-state index in [4.69, 9.17) is 0 Å². The molecule has 0 unspecified atom stereocenters. The number of hydrogen-bond donors (Lipinski definition) is 0. The Kier molecular flexibility index (Phi) is 18.5. The molecule has 0 aliphatic rings. The van der Waals surface area contributed by atoms with Gasteiger partial charge in [0.1, 0.15) is 24.0 Å². The van der Waals surface area contributed by atoms with E-state index in [1.807, 2.05) is 91.3 Å². The lowest BCUT2D eigenvalue weighted by atomic mass is 9.91. The van der Waals surface area contributed by atoms with Gasteiger partial charge >= 0.3 is 6.18 Å². The van der Waals surface area contributed by atoms with Crippen molar-refractivity contribution < 1.29 is 13.2 Å². The van der Waals surface area contributed by atoms with Crippen LogP contribution in [0.3, 0.4) is 0 Å². The summed E-state index contributed by atoms with van der Waals surface area (Å²) in [6, 6.07) is 13.6. The Hall–Kier alpha value is -4.61. The molecule has 0 N–H and O–H groups in total. The number of halogens is 3. The Morgan fingerprint density at radius 3 is 1.16 bits per heavy atom. The first-order valence-electron chi connectivity index (χ1n) is 19.6. The minimum Gasteiger partial charge on any atom is -0.263 e. The highest BCUT2D eigenvalue weighted by atomic mass is 19.4.